The van der Waals surface area contributed by atoms with Gasteiger partial charge in [0.2, 0.25) is 0 Å². The molecule has 0 bridgehead atoms. The fraction of sp³-hybridized carbons (Fsp3) is 0.500. The Morgan fingerprint density at radius 3 is 1.50 bits per heavy atom. The lowest BCUT2D eigenvalue weighted by Gasteiger charge is -2.32. The van der Waals surface area contributed by atoms with E-state index in [4.69, 9.17) is 9.47 Å². The highest BCUT2D eigenvalue weighted by molar-refractivity contribution is 5.83. The van der Waals surface area contributed by atoms with Crippen LogP contribution in [0.5, 0.6) is 0 Å². The molecule has 2 aromatic rings. The minimum absolute atomic E-state index is 0.236. The van der Waals surface area contributed by atoms with Crippen LogP contribution in [0, 0.1) is 5.92 Å². The first kappa shape index (κ1) is 33.1. The van der Waals surface area contributed by atoms with E-state index in [0.717, 1.165) is 38.5 Å². The summed E-state index contributed by atoms with van der Waals surface area (Å²) in [6.07, 6.45) is -8.53. The molecule has 0 N–H and O–H groups in total. The Labute approximate surface area is 228 Å². The maximum absolute atomic E-state index is 13.9. The lowest BCUT2D eigenvalue weighted by molar-refractivity contribution is -0.277. The molecular weight excluding hydrogens is 546 g/mol. The van der Waals surface area contributed by atoms with E-state index in [2.05, 4.69) is 9.47 Å². The van der Waals surface area contributed by atoms with Crippen molar-refractivity contribution in [3.63, 3.8) is 0 Å². The molecule has 0 radical (unpaired) electrons. The highest BCUT2D eigenvalue weighted by atomic mass is 19.4. The molecule has 0 heterocycles. The van der Waals surface area contributed by atoms with E-state index in [1.165, 1.54) is 36.4 Å². The number of benzene rings is 2. The normalized spacial score (nSPS) is 15.9. The third-order valence-corrected chi connectivity index (χ3v) is 6.42. The van der Waals surface area contributed by atoms with Gasteiger partial charge in [-0.25, -0.2) is 9.59 Å². The molecule has 0 spiro atoms. The van der Waals surface area contributed by atoms with E-state index < -0.39 is 46.6 Å². The van der Waals surface area contributed by atoms with Crippen molar-refractivity contribution >= 4 is 11.9 Å². The highest BCUT2D eigenvalue weighted by Crippen LogP contribution is 2.44. The van der Waals surface area contributed by atoms with Gasteiger partial charge in [-0.05, 0) is 18.8 Å². The van der Waals surface area contributed by atoms with Crippen molar-refractivity contribution in [3.05, 3.63) is 71.8 Å². The van der Waals surface area contributed by atoms with E-state index in [9.17, 15) is 35.9 Å². The molecule has 222 valence electrons. The van der Waals surface area contributed by atoms with Crippen molar-refractivity contribution in [2.24, 2.45) is 5.92 Å². The fourth-order valence-electron chi connectivity index (χ4n) is 4.22. The largest absolute Gasteiger partial charge is 0.463 e. The smallest absolute Gasteiger partial charge is 0.432 e. The molecular formula is C28H32F6O6. The van der Waals surface area contributed by atoms with Gasteiger partial charge < -0.3 is 18.9 Å². The second-order valence-electron chi connectivity index (χ2n) is 9.19. The lowest BCUT2D eigenvalue weighted by atomic mass is 9.92. The molecule has 6 nitrogen and oxygen atoms in total. The van der Waals surface area contributed by atoms with Gasteiger partial charge in [0.1, 0.15) is 0 Å². The number of ether oxygens (including phenoxy) is 4. The van der Waals surface area contributed by atoms with Gasteiger partial charge in [-0.2, -0.15) is 26.3 Å². The second-order valence-corrected chi connectivity index (χ2v) is 9.19. The van der Waals surface area contributed by atoms with Crippen molar-refractivity contribution in [2.45, 2.75) is 56.2 Å². The number of hydrogen-bond acceptors (Lipinski definition) is 6. The Morgan fingerprint density at radius 1 is 0.675 bits per heavy atom. The zero-order chi connectivity index (χ0) is 30.0. The molecule has 0 aromatic heterocycles. The number of alkyl halides is 6. The Morgan fingerprint density at radius 2 is 1.10 bits per heavy atom. The van der Waals surface area contributed by atoms with Crippen LogP contribution in [0.2, 0.25) is 0 Å². The topological polar surface area (TPSA) is 71.1 Å². The van der Waals surface area contributed by atoms with Crippen molar-refractivity contribution < 1.29 is 54.9 Å². The van der Waals surface area contributed by atoms with Crippen LogP contribution in [0.4, 0.5) is 26.3 Å². The van der Waals surface area contributed by atoms with E-state index in [0.29, 0.717) is 19.3 Å². The van der Waals surface area contributed by atoms with Crippen molar-refractivity contribution in [2.75, 3.05) is 27.4 Å². The molecule has 0 saturated carbocycles. The van der Waals surface area contributed by atoms with E-state index in [1.54, 1.807) is 6.92 Å². The Balaban J connectivity index is 1.86. The fourth-order valence-corrected chi connectivity index (χ4v) is 4.22. The molecule has 2 aromatic carbocycles. The van der Waals surface area contributed by atoms with Crippen molar-refractivity contribution in [3.8, 4) is 0 Å². The third kappa shape index (κ3) is 7.14. The Kier molecular flexibility index (Phi) is 11.6. The quantitative estimate of drug-likeness (QED) is 0.145. The van der Waals surface area contributed by atoms with Crippen LogP contribution in [0.3, 0.4) is 0 Å². The molecule has 0 aliphatic heterocycles. The minimum atomic E-state index is -5.08. The number of carbonyl (C=O) groups is 2. The Bertz CT molecular complexity index is 1080. The minimum Gasteiger partial charge on any atom is -0.463 e. The van der Waals surface area contributed by atoms with Crippen LogP contribution in [-0.4, -0.2) is 51.7 Å². The van der Waals surface area contributed by atoms with Gasteiger partial charge in [0, 0.05) is 25.3 Å². The summed E-state index contributed by atoms with van der Waals surface area (Å²) in [4.78, 5) is 25.1. The number of rotatable bonds is 14. The summed E-state index contributed by atoms with van der Waals surface area (Å²) in [6, 6.07) is 12.9. The number of unbranched alkanes of at least 4 members (excludes halogenated alkanes) is 2. The summed E-state index contributed by atoms with van der Waals surface area (Å²) >= 11 is 0. The third-order valence-electron chi connectivity index (χ3n) is 6.42. The van der Waals surface area contributed by atoms with Crippen LogP contribution in [-0.2, 0) is 39.7 Å². The molecule has 40 heavy (non-hydrogen) atoms. The number of halogens is 6. The van der Waals surface area contributed by atoms with Gasteiger partial charge in [-0.1, -0.05) is 80.4 Å². The lowest BCUT2D eigenvalue weighted by Crippen LogP contribution is -2.52. The monoisotopic (exact) mass is 578 g/mol. The SMILES string of the molecule is CO[C@@](C(=O)OCCCCC[C@@H](C)COC(=O)[C@](OC)(c1ccccc1)C(F)(F)F)(c1ccccc1)C(F)(F)F. The maximum atomic E-state index is 13.9. The summed E-state index contributed by atoms with van der Waals surface area (Å²) in [6.45, 7) is 1.07. The van der Waals surface area contributed by atoms with Gasteiger partial charge in [0.25, 0.3) is 11.2 Å². The van der Waals surface area contributed by atoms with E-state index in [-0.39, 0.29) is 25.6 Å². The molecule has 0 aliphatic carbocycles. The first-order chi connectivity index (χ1) is 18.8. The molecule has 0 fully saturated rings. The summed E-state index contributed by atoms with van der Waals surface area (Å²) in [5, 5.41) is 0. The molecule has 3 atom stereocenters. The maximum Gasteiger partial charge on any atom is 0.432 e. The van der Waals surface area contributed by atoms with Crippen LogP contribution < -0.4 is 0 Å². The summed E-state index contributed by atoms with van der Waals surface area (Å²) < 4.78 is 103. The molecule has 2 rings (SSSR count). The van der Waals surface area contributed by atoms with Gasteiger partial charge in [0.05, 0.1) is 13.2 Å². The zero-order valence-electron chi connectivity index (χ0n) is 22.3. The average molecular weight is 579 g/mol. The molecule has 12 heteroatoms. The zero-order valence-corrected chi connectivity index (χ0v) is 22.3. The van der Waals surface area contributed by atoms with E-state index >= 15 is 0 Å². The standard InChI is InChI=1S/C28H32F6O6/c1-20(19-40-24(36)26(38-3,28(32,33)34)22-16-10-5-11-17-22)13-7-6-12-18-39-23(35)25(37-2,27(29,30)31)21-14-8-4-9-15-21/h4-5,8-11,14-17,20H,6-7,12-13,18-19H2,1-3H3/t20-,25-,26-/m1/s1. The molecule has 0 amide bonds. The van der Waals surface area contributed by atoms with Crippen molar-refractivity contribution in [1.29, 1.82) is 0 Å². The molecule has 0 aliphatic rings. The van der Waals surface area contributed by atoms with Crippen LogP contribution in [0.15, 0.2) is 60.7 Å². The average Bonchev–Trinajstić information content (AvgIpc) is 2.90. The number of esters is 2. The summed E-state index contributed by atoms with van der Waals surface area (Å²) in [5.41, 5.74) is -7.35. The molecule has 0 unspecified atom stereocenters. The van der Waals surface area contributed by atoms with Gasteiger partial charge in [0.15, 0.2) is 0 Å². The van der Waals surface area contributed by atoms with Crippen LogP contribution >= 0.6 is 0 Å². The summed E-state index contributed by atoms with van der Waals surface area (Å²) in [5.74, 6) is -3.50. The molecule has 0 saturated heterocycles. The Hall–Kier alpha value is -3.12. The van der Waals surface area contributed by atoms with Crippen LogP contribution in [0.25, 0.3) is 0 Å². The van der Waals surface area contributed by atoms with E-state index in [1.807, 2.05) is 0 Å². The number of methoxy groups -OCH3 is 2. The van der Waals surface area contributed by atoms with Crippen molar-refractivity contribution in [1.82, 2.24) is 0 Å². The number of carbonyl (C=O) groups excluding carboxylic acids is 2. The predicted molar refractivity (Wildman–Crippen MR) is 132 cm³/mol. The van der Waals surface area contributed by atoms with Gasteiger partial charge in [-0.15, -0.1) is 0 Å². The van der Waals surface area contributed by atoms with Crippen LogP contribution in [0.1, 0.15) is 43.7 Å². The highest BCUT2D eigenvalue weighted by Gasteiger charge is 2.65. The number of hydrogen-bond donors (Lipinski definition) is 0. The van der Waals surface area contributed by atoms with Gasteiger partial charge in [-0.3, -0.25) is 0 Å². The second kappa shape index (κ2) is 14.0. The predicted octanol–water partition coefficient (Wildman–Crippen LogP) is 6.48. The first-order valence-corrected chi connectivity index (χ1v) is 12.5. The van der Waals surface area contributed by atoms with Gasteiger partial charge >= 0.3 is 24.3 Å². The summed E-state index contributed by atoms with van der Waals surface area (Å²) in [7, 11) is 1.56. The first-order valence-electron chi connectivity index (χ1n) is 12.5.